The normalized spacial score (nSPS) is 12.0. The van der Waals surface area contributed by atoms with Crippen molar-refractivity contribution in [3.8, 4) is 5.75 Å². The second-order valence-corrected chi connectivity index (χ2v) is 6.57. The zero-order valence-corrected chi connectivity index (χ0v) is 16.5. The molecule has 0 heterocycles. The first-order chi connectivity index (χ1) is 13.1. The average Bonchev–Trinajstić information content (AvgIpc) is 2.70. The Morgan fingerprint density at radius 3 is 2.56 bits per heavy atom. The molecule has 1 atom stereocenters. The highest BCUT2D eigenvalue weighted by atomic mass is 16.5. The number of hydrogen-bond acceptors (Lipinski definition) is 4. The molecule has 1 unspecified atom stereocenters. The molecule has 2 aromatic carbocycles. The molecule has 0 aliphatic carbocycles. The van der Waals surface area contributed by atoms with Gasteiger partial charge in [-0.3, -0.25) is 9.69 Å². The first-order valence-corrected chi connectivity index (χ1v) is 9.33. The topological polar surface area (TPSA) is 50.8 Å². The van der Waals surface area contributed by atoms with Crippen LogP contribution in [0.3, 0.4) is 0 Å². The highest BCUT2D eigenvalue weighted by Gasteiger charge is 2.17. The Morgan fingerprint density at radius 2 is 1.81 bits per heavy atom. The van der Waals surface area contributed by atoms with Gasteiger partial charge in [0, 0.05) is 24.8 Å². The summed E-state index contributed by atoms with van der Waals surface area (Å²) in [6, 6.07) is 18.1. The molecule has 5 heteroatoms. The van der Waals surface area contributed by atoms with Crippen LogP contribution in [0.25, 0.3) is 0 Å². The van der Waals surface area contributed by atoms with Crippen molar-refractivity contribution in [2.75, 3.05) is 33.9 Å². The molecular formula is C22H30N2O3. The quantitative estimate of drug-likeness (QED) is 0.616. The van der Waals surface area contributed by atoms with E-state index in [1.165, 1.54) is 0 Å². The van der Waals surface area contributed by atoms with E-state index >= 15 is 0 Å². The zero-order chi connectivity index (χ0) is 19.5. The monoisotopic (exact) mass is 370 g/mol. The van der Waals surface area contributed by atoms with Crippen LogP contribution in [0.1, 0.15) is 30.5 Å². The summed E-state index contributed by atoms with van der Waals surface area (Å²) >= 11 is 0. The van der Waals surface area contributed by atoms with E-state index < -0.39 is 0 Å². The Labute approximate surface area is 162 Å². The minimum Gasteiger partial charge on any atom is -0.496 e. The molecule has 0 saturated heterocycles. The van der Waals surface area contributed by atoms with E-state index in [9.17, 15) is 4.79 Å². The number of amides is 1. The van der Waals surface area contributed by atoms with Crippen LogP contribution in [0, 0.1) is 0 Å². The van der Waals surface area contributed by atoms with Gasteiger partial charge >= 0.3 is 0 Å². The molecule has 0 bridgehead atoms. The standard InChI is InChI=1S/C22H30N2O3/c1-18(20-12-7-8-13-21(20)26-3)24(2)16-22(25)23-14-9-15-27-17-19-10-5-4-6-11-19/h4-8,10-13,18H,9,14-17H2,1-3H3,(H,23,25). The van der Waals surface area contributed by atoms with Gasteiger partial charge in [-0.05, 0) is 32.0 Å². The fourth-order valence-electron chi connectivity index (χ4n) is 2.83. The Kier molecular flexibility index (Phi) is 8.81. The van der Waals surface area contributed by atoms with E-state index in [0.717, 1.165) is 23.3 Å². The maximum absolute atomic E-state index is 12.2. The fourth-order valence-corrected chi connectivity index (χ4v) is 2.83. The number of ether oxygens (including phenoxy) is 2. The van der Waals surface area contributed by atoms with Crippen LogP contribution in [0.5, 0.6) is 5.75 Å². The molecule has 0 aliphatic heterocycles. The van der Waals surface area contributed by atoms with Gasteiger partial charge in [-0.15, -0.1) is 0 Å². The lowest BCUT2D eigenvalue weighted by Gasteiger charge is -2.25. The number of hydrogen-bond donors (Lipinski definition) is 1. The van der Waals surface area contributed by atoms with Gasteiger partial charge in [-0.1, -0.05) is 48.5 Å². The lowest BCUT2D eigenvalue weighted by atomic mass is 10.1. The lowest BCUT2D eigenvalue weighted by Crippen LogP contribution is -2.37. The SMILES string of the molecule is COc1ccccc1C(C)N(C)CC(=O)NCCCOCc1ccccc1. The number of carbonyl (C=O) groups excluding carboxylic acids is 1. The van der Waals surface area contributed by atoms with Crippen LogP contribution in [-0.4, -0.2) is 44.7 Å². The number of carbonyl (C=O) groups is 1. The van der Waals surface area contributed by atoms with Gasteiger partial charge in [-0.2, -0.15) is 0 Å². The number of nitrogens with zero attached hydrogens (tertiary/aromatic N) is 1. The van der Waals surface area contributed by atoms with E-state index in [1.54, 1.807) is 7.11 Å². The fraction of sp³-hybridized carbons (Fsp3) is 0.409. The largest absolute Gasteiger partial charge is 0.496 e. The van der Waals surface area contributed by atoms with Gasteiger partial charge in [0.15, 0.2) is 0 Å². The minimum atomic E-state index is 0.0160. The molecule has 27 heavy (non-hydrogen) atoms. The first kappa shape index (κ1) is 20.9. The van der Waals surface area contributed by atoms with Gasteiger partial charge in [-0.25, -0.2) is 0 Å². The molecule has 1 N–H and O–H groups in total. The van der Waals surface area contributed by atoms with E-state index in [4.69, 9.17) is 9.47 Å². The summed E-state index contributed by atoms with van der Waals surface area (Å²) in [6.07, 6.45) is 0.796. The predicted octanol–water partition coefficient (Wildman–Crippen LogP) is 3.41. The number of rotatable bonds is 11. The molecule has 1 amide bonds. The molecular weight excluding hydrogens is 340 g/mol. The second kappa shape index (κ2) is 11.4. The van der Waals surface area contributed by atoms with Crippen LogP contribution in [0.4, 0.5) is 0 Å². The van der Waals surface area contributed by atoms with Crippen LogP contribution in [-0.2, 0) is 16.1 Å². The maximum Gasteiger partial charge on any atom is 0.234 e. The number of methoxy groups -OCH3 is 1. The summed E-state index contributed by atoms with van der Waals surface area (Å²) in [4.78, 5) is 14.2. The molecule has 2 aromatic rings. The number of para-hydroxylation sites is 1. The van der Waals surface area contributed by atoms with Crippen molar-refractivity contribution in [3.05, 3.63) is 65.7 Å². The first-order valence-electron chi connectivity index (χ1n) is 9.33. The summed E-state index contributed by atoms with van der Waals surface area (Å²) in [5, 5.41) is 2.96. The molecule has 0 spiro atoms. The van der Waals surface area contributed by atoms with Crippen LogP contribution >= 0.6 is 0 Å². The lowest BCUT2D eigenvalue weighted by molar-refractivity contribution is -0.122. The highest BCUT2D eigenvalue weighted by molar-refractivity contribution is 5.78. The van der Waals surface area contributed by atoms with Crippen LogP contribution in [0.2, 0.25) is 0 Å². The smallest absolute Gasteiger partial charge is 0.234 e. The molecule has 0 fully saturated rings. The van der Waals surface area contributed by atoms with Crippen molar-refractivity contribution in [1.29, 1.82) is 0 Å². The summed E-state index contributed by atoms with van der Waals surface area (Å²) in [7, 11) is 3.61. The highest BCUT2D eigenvalue weighted by Crippen LogP contribution is 2.27. The Hall–Kier alpha value is -2.37. The van der Waals surface area contributed by atoms with Crippen molar-refractivity contribution >= 4 is 5.91 Å². The molecule has 146 valence electrons. The molecule has 0 aliphatic rings. The average molecular weight is 370 g/mol. The molecule has 0 aromatic heterocycles. The molecule has 0 saturated carbocycles. The molecule has 5 nitrogen and oxygen atoms in total. The number of likely N-dealkylation sites (N-methyl/N-ethyl adjacent to an activating group) is 1. The summed E-state index contributed by atoms with van der Waals surface area (Å²) in [6.45, 7) is 4.26. The third-order valence-corrected chi connectivity index (χ3v) is 4.54. The third-order valence-electron chi connectivity index (χ3n) is 4.54. The minimum absolute atomic E-state index is 0.0160. The van der Waals surface area contributed by atoms with Gasteiger partial charge in [0.1, 0.15) is 5.75 Å². The van der Waals surface area contributed by atoms with E-state index in [-0.39, 0.29) is 11.9 Å². The third kappa shape index (κ3) is 7.04. The van der Waals surface area contributed by atoms with Crippen molar-refractivity contribution in [2.45, 2.75) is 26.0 Å². The Morgan fingerprint density at radius 1 is 1.11 bits per heavy atom. The zero-order valence-electron chi connectivity index (χ0n) is 16.5. The summed E-state index contributed by atoms with van der Waals surface area (Å²) in [5.74, 6) is 0.857. The summed E-state index contributed by atoms with van der Waals surface area (Å²) < 4.78 is 11.0. The molecule has 2 rings (SSSR count). The van der Waals surface area contributed by atoms with Crippen molar-refractivity contribution in [3.63, 3.8) is 0 Å². The van der Waals surface area contributed by atoms with Gasteiger partial charge in [0.05, 0.1) is 20.3 Å². The Balaban J connectivity index is 1.64. The van der Waals surface area contributed by atoms with Crippen molar-refractivity contribution < 1.29 is 14.3 Å². The molecule has 0 radical (unpaired) electrons. The van der Waals surface area contributed by atoms with Gasteiger partial charge < -0.3 is 14.8 Å². The van der Waals surface area contributed by atoms with Gasteiger partial charge in [0.25, 0.3) is 0 Å². The Bertz CT molecular complexity index is 691. The number of benzene rings is 2. The van der Waals surface area contributed by atoms with Crippen LogP contribution < -0.4 is 10.1 Å². The van der Waals surface area contributed by atoms with Gasteiger partial charge in [0.2, 0.25) is 5.91 Å². The maximum atomic E-state index is 12.2. The van der Waals surface area contributed by atoms with E-state index in [1.807, 2.05) is 66.5 Å². The number of nitrogens with one attached hydrogen (secondary N) is 1. The van der Waals surface area contributed by atoms with E-state index in [2.05, 4.69) is 12.2 Å². The predicted molar refractivity (Wildman–Crippen MR) is 108 cm³/mol. The summed E-state index contributed by atoms with van der Waals surface area (Å²) in [5.41, 5.74) is 2.23. The van der Waals surface area contributed by atoms with Crippen molar-refractivity contribution in [2.24, 2.45) is 0 Å². The van der Waals surface area contributed by atoms with Crippen LogP contribution in [0.15, 0.2) is 54.6 Å². The van der Waals surface area contributed by atoms with E-state index in [0.29, 0.717) is 26.3 Å². The van der Waals surface area contributed by atoms with Crippen molar-refractivity contribution in [1.82, 2.24) is 10.2 Å². The second-order valence-electron chi connectivity index (χ2n) is 6.57.